The molecule has 0 spiro atoms. The minimum absolute atomic E-state index is 0.00427. The maximum absolute atomic E-state index is 12.4. The number of fused-ring (bicyclic) bond motifs is 1. The summed E-state index contributed by atoms with van der Waals surface area (Å²) in [4.78, 5) is 41.1. The van der Waals surface area contributed by atoms with E-state index in [2.05, 4.69) is 15.3 Å². The minimum atomic E-state index is -0.997. The molecule has 0 bridgehead atoms. The Morgan fingerprint density at radius 2 is 2.00 bits per heavy atom. The molecule has 0 aliphatic carbocycles. The molecular weight excluding hydrogens is 286 g/mol. The molecule has 0 aliphatic heterocycles. The molecule has 1 amide bonds. The van der Waals surface area contributed by atoms with E-state index in [1.807, 2.05) is 13.8 Å². The summed E-state index contributed by atoms with van der Waals surface area (Å²) < 4.78 is 0. The van der Waals surface area contributed by atoms with Crippen LogP contribution in [-0.2, 0) is 4.79 Å². The Balaban J connectivity index is 2.37. The largest absolute Gasteiger partial charge is 0.481 e. The zero-order valence-electron chi connectivity index (χ0n) is 12.3. The number of H-pyrrole nitrogens is 1. The average Bonchev–Trinajstić information content (AvgIpc) is 2.44. The quantitative estimate of drug-likeness (QED) is 0.767. The van der Waals surface area contributed by atoms with E-state index in [-0.39, 0.29) is 18.0 Å². The highest BCUT2D eigenvalue weighted by Crippen LogP contribution is 2.14. The van der Waals surface area contributed by atoms with Gasteiger partial charge in [0.2, 0.25) is 0 Å². The molecule has 7 nitrogen and oxygen atoms in total. The van der Waals surface area contributed by atoms with Gasteiger partial charge in [-0.2, -0.15) is 4.98 Å². The number of nitrogens with one attached hydrogen (secondary N) is 2. The fourth-order valence-electron chi connectivity index (χ4n) is 2.15. The van der Waals surface area contributed by atoms with Crippen LogP contribution in [0, 0.1) is 5.92 Å². The van der Waals surface area contributed by atoms with E-state index in [0.29, 0.717) is 10.9 Å². The molecular formula is C15H17N3O4. The summed E-state index contributed by atoms with van der Waals surface area (Å²) in [6.07, 6.45) is -0.190. The van der Waals surface area contributed by atoms with Crippen LogP contribution >= 0.6 is 0 Å². The minimum Gasteiger partial charge on any atom is -0.481 e. The molecule has 2 aromatic rings. The molecule has 1 aromatic heterocycles. The first-order chi connectivity index (χ1) is 10.4. The van der Waals surface area contributed by atoms with E-state index in [0.717, 1.165) is 0 Å². The van der Waals surface area contributed by atoms with Crippen molar-refractivity contribution < 1.29 is 14.7 Å². The maximum Gasteiger partial charge on any atom is 0.346 e. The second-order valence-corrected chi connectivity index (χ2v) is 5.36. The van der Waals surface area contributed by atoms with Gasteiger partial charge in [0.05, 0.1) is 11.9 Å². The second-order valence-electron chi connectivity index (χ2n) is 5.36. The molecule has 0 radical (unpaired) electrons. The van der Waals surface area contributed by atoms with Crippen molar-refractivity contribution in [1.29, 1.82) is 0 Å². The van der Waals surface area contributed by atoms with Crippen molar-refractivity contribution in [1.82, 2.24) is 15.3 Å². The standard InChI is InChI=1S/C15H17N3O4/c1-8(2)11(7-12(19)20)16-14(21)13-9-5-3-4-6-10(9)17-15(22)18-13/h3-6,8,11H,7H2,1-2H3,(H,16,21)(H,19,20)(H,17,18,22)/t11-/m1/s1. The zero-order valence-corrected chi connectivity index (χ0v) is 12.3. The summed E-state index contributed by atoms with van der Waals surface area (Å²) in [6, 6.07) is 6.28. The number of aromatic nitrogens is 2. The topological polar surface area (TPSA) is 112 Å². The summed E-state index contributed by atoms with van der Waals surface area (Å²) in [5.74, 6) is -1.61. The van der Waals surface area contributed by atoms with Crippen molar-refractivity contribution in [3.05, 3.63) is 40.4 Å². The SMILES string of the molecule is CC(C)[C@@H](CC(=O)O)NC(=O)c1nc(=O)[nH]c2ccccc12. The number of aromatic amines is 1. The molecule has 0 saturated carbocycles. The molecule has 116 valence electrons. The first-order valence-corrected chi connectivity index (χ1v) is 6.90. The first kappa shape index (κ1) is 15.7. The van der Waals surface area contributed by atoms with Gasteiger partial charge in [0, 0.05) is 11.4 Å². The van der Waals surface area contributed by atoms with Crippen LogP contribution in [0.5, 0.6) is 0 Å². The Labute approximate surface area is 126 Å². The third kappa shape index (κ3) is 3.49. The fourth-order valence-corrected chi connectivity index (χ4v) is 2.15. The third-order valence-electron chi connectivity index (χ3n) is 3.37. The van der Waals surface area contributed by atoms with Crippen LogP contribution in [0.25, 0.3) is 10.9 Å². The number of carboxylic acids is 1. The fraction of sp³-hybridized carbons (Fsp3) is 0.333. The molecule has 1 atom stereocenters. The molecule has 0 saturated heterocycles. The Morgan fingerprint density at radius 3 is 2.64 bits per heavy atom. The van der Waals surface area contributed by atoms with Crippen molar-refractivity contribution >= 4 is 22.8 Å². The van der Waals surface area contributed by atoms with Crippen LogP contribution in [0.3, 0.4) is 0 Å². The van der Waals surface area contributed by atoms with Gasteiger partial charge in [0.1, 0.15) is 5.69 Å². The number of hydrogen-bond acceptors (Lipinski definition) is 4. The lowest BCUT2D eigenvalue weighted by atomic mass is 10.0. The molecule has 0 aliphatic rings. The van der Waals surface area contributed by atoms with Crippen molar-refractivity contribution in [2.75, 3.05) is 0 Å². The van der Waals surface area contributed by atoms with Crippen molar-refractivity contribution in [3.8, 4) is 0 Å². The first-order valence-electron chi connectivity index (χ1n) is 6.90. The lowest BCUT2D eigenvalue weighted by Gasteiger charge is -2.20. The summed E-state index contributed by atoms with van der Waals surface area (Å²) in [5, 5.41) is 12.1. The third-order valence-corrected chi connectivity index (χ3v) is 3.37. The highest BCUT2D eigenvalue weighted by atomic mass is 16.4. The normalized spacial score (nSPS) is 12.3. The number of aliphatic carboxylic acids is 1. The molecule has 0 unspecified atom stereocenters. The summed E-state index contributed by atoms with van der Waals surface area (Å²) in [6.45, 7) is 3.63. The molecule has 2 rings (SSSR count). The number of amides is 1. The number of para-hydroxylation sites is 1. The van der Waals surface area contributed by atoms with Gasteiger partial charge in [-0.25, -0.2) is 4.79 Å². The van der Waals surface area contributed by atoms with E-state index >= 15 is 0 Å². The van der Waals surface area contributed by atoms with Crippen LogP contribution in [0.4, 0.5) is 0 Å². The van der Waals surface area contributed by atoms with Gasteiger partial charge in [-0.3, -0.25) is 9.59 Å². The Kier molecular flexibility index (Phi) is 4.55. The highest BCUT2D eigenvalue weighted by molar-refractivity contribution is 6.04. The number of hydrogen-bond donors (Lipinski definition) is 3. The van der Waals surface area contributed by atoms with Crippen LogP contribution in [0.1, 0.15) is 30.8 Å². The number of carbonyl (C=O) groups excluding carboxylic acids is 1. The number of nitrogens with zero attached hydrogens (tertiary/aromatic N) is 1. The molecule has 0 fully saturated rings. The van der Waals surface area contributed by atoms with Gasteiger partial charge >= 0.3 is 11.7 Å². The predicted molar refractivity (Wildman–Crippen MR) is 80.7 cm³/mol. The molecule has 1 heterocycles. The van der Waals surface area contributed by atoms with Crippen LogP contribution in [0.15, 0.2) is 29.1 Å². The summed E-state index contributed by atoms with van der Waals surface area (Å²) >= 11 is 0. The van der Waals surface area contributed by atoms with Gasteiger partial charge in [-0.1, -0.05) is 32.0 Å². The monoisotopic (exact) mass is 303 g/mol. The van der Waals surface area contributed by atoms with E-state index in [9.17, 15) is 14.4 Å². The van der Waals surface area contributed by atoms with E-state index in [4.69, 9.17) is 5.11 Å². The average molecular weight is 303 g/mol. The van der Waals surface area contributed by atoms with Gasteiger partial charge in [0.25, 0.3) is 5.91 Å². The van der Waals surface area contributed by atoms with Crippen molar-refractivity contribution in [2.45, 2.75) is 26.3 Å². The molecule has 3 N–H and O–H groups in total. The van der Waals surface area contributed by atoms with E-state index < -0.39 is 23.6 Å². The molecule has 1 aromatic carbocycles. The van der Waals surface area contributed by atoms with Gasteiger partial charge in [-0.05, 0) is 12.0 Å². The number of benzene rings is 1. The molecule has 7 heteroatoms. The Morgan fingerprint density at radius 1 is 1.32 bits per heavy atom. The Bertz CT molecular complexity index is 767. The Hall–Kier alpha value is -2.70. The van der Waals surface area contributed by atoms with Gasteiger partial charge in [-0.15, -0.1) is 0 Å². The number of carboxylic acid groups (broad SMARTS) is 1. The van der Waals surface area contributed by atoms with E-state index in [1.165, 1.54) is 0 Å². The molecule has 22 heavy (non-hydrogen) atoms. The van der Waals surface area contributed by atoms with E-state index in [1.54, 1.807) is 24.3 Å². The van der Waals surface area contributed by atoms with Crippen LogP contribution < -0.4 is 11.0 Å². The maximum atomic E-state index is 12.4. The number of carbonyl (C=O) groups is 2. The summed E-state index contributed by atoms with van der Waals surface area (Å²) in [5.41, 5.74) is -0.120. The lowest BCUT2D eigenvalue weighted by molar-refractivity contribution is -0.137. The van der Waals surface area contributed by atoms with Crippen LogP contribution in [-0.4, -0.2) is 33.0 Å². The predicted octanol–water partition coefficient (Wildman–Crippen LogP) is 1.15. The van der Waals surface area contributed by atoms with Crippen LogP contribution in [0.2, 0.25) is 0 Å². The van der Waals surface area contributed by atoms with Gasteiger partial charge < -0.3 is 15.4 Å². The second kappa shape index (κ2) is 6.38. The summed E-state index contributed by atoms with van der Waals surface area (Å²) in [7, 11) is 0. The van der Waals surface area contributed by atoms with Gasteiger partial charge in [0.15, 0.2) is 0 Å². The highest BCUT2D eigenvalue weighted by Gasteiger charge is 2.22. The zero-order chi connectivity index (χ0) is 16.3. The lowest BCUT2D eigenvalue weighted by Crippen LogP contribution is -2.41. The van der Waals surface area contributed by atoms with Crippen molar-refractivity contribution in [2.24, 2.45) is 5.92 Å². The number of rotatable bonds is 5. The van der Waals surface area contributed by atoms with Crippen molar-refractivity contribution in [3.63, 3.8) is 0 Å². The smallest absolute Gasteiger partial charge is 0.346 e.